The fourth-order valence-corrected chi connectivity index (χ4v) is 2.54. The van der Waals surface area contributed by atoms with E-state index in [1.54, 1.807) is 0 Å². The minimum atomic E-state index is -0.847. The molecule has 0 saturated heterocycles. The minimum Gasteiger partial charge on any atom is -0.390 e. The van der Waals surface area contributed by atoms with Crippen LogP contribution in [-0.2, 0) is 11.0 Å². The van der Waals surface area contributed by atoms with Gasteiger partial charge in [-0.1, -0.05) is 46.3 Å². The number of hydrogen-bond donors (Lipinski definition) is 1. The van der Waals surface area contributed by atoms with Gasteiger partial charge in [-0.2, -0.15) is 0 Å². The molecule has 0 bridgehead atoms. The highest BCUT2D eigenvalue weighted by molar-refractivity contribution is 5.15. The Morgan fingerprint density at radius 3 is 2.00 bits per heavy atom. The Labute approximate surface area is 129 Å². The normalized spacial score (nSPS) is 14.6. The van der Waals surface area contributed by atoms with Crippen LogP contribution < -0.4 is 0 Å². The van der Waals surface area contributed by atoms with E-state index < -0.39 is 11.0 Å². The number of rotatable bonds is 6. The fourth-order valence-electron chi connectivity index (χ4n) is 2.54. The van der Waals surface area contributed by atoms with Crippen LogP contribution >= 0.6 is 0 Å². The quantitative estimate of drug-likeness (QED) is 0.866. The molecule has 4 heteroatoms. The van der Waals surface area contributed by atoms with Gasteiger partial charge < -0.3 is 5.11 Å². The van der Waals surface area contributed by atoms with Crippen LogP contribution in [0.5, 0.6) is 0 Å². The third kappa shape index (κ3) is 3.85. The minimum absolute atomic E-state index is 0.0968. The van der Waals surface area contributed by atoms with E-state index in [1.807, 2.05) is 38.6 Å². The number of aliphatic hydroxyl groups is 1. The third-order valence-electron chi connectivity index (χ3n) is 5.15. The van der Waals surface area contributed by atoms with Gasteiger partial charge in [-0.05, 0) is 39.5 Å². The van der Waals surface area contributed by atoms with Crippen molar-refractivity contribution in [1.29, 1.82) is 0 Å². The summed E-state index contributed by atoms with van der Waals surface area (Å²) in [6.45, 7) is 18.8. The molecule has 122 valence electrons. The van der Waals surface area contributed by atoms with Crippen molar-refractivity contribution in [3.05, 3.63) is 11.9 Å². The maximum atomic E-state index is 10.4. The van der Waals surface area contributed by atoms with E-state index >= 15 is 0 Å². The molecule has 0 aliphatic heterocycles. The van der Waals surface area contributed by atoms with Gasteiger partial charge in [-0.15, -0.1) is 5.10 Å². The van der Waals surface area contributed by atoms with Crippen LogP contribution in [0, 0.1) is 5.41 Å². The largest absolute Gasteiger partial charge is 0.390 e. The van der Waals surface area contributed by atoms with Gasteiger partial charge >= 0.3 is 0 Å². The van der Waals surface area contributed by atoms with Gasteiger partial charge in [0.05, 0.1) is 16.8 Å². The first-order chi connectivity index (χ1) is 9.23. The predicted octanol–water partition coefficient (Wildman–Crippen LogP) is 3.89. The summed E-state index contributed by atoms with van der Waals surface area (Å²) in [7, 11) is 0. The van der Waals surface area contributed by atoms with Gasteiger partial charge in [-0.25, -0.2) is 4.68 Å². The average Bonchev–Trinajstić information content (AvgIpc) is 2.76. The molecule has 21 heavy (non-hydrogen) atoms. The summed E-state index contributed by atoms with van der Waals surface area (Å²) in [5.41, 5.74) is -0.290. The monoisotopic (exact) mass is 295 g/mol. The molecule has 1 aromatic heterocycles. The van der Waals surface area contributed by atoms with Crippen molar-refractivity contribution in [2.75, 3.05) is 0 Å². The van der Waals surface area contributed by atoms with Gasteiger partial charge in [0, 0.05) is 11.6 Å². The molecule has 1 aromatic rings. The maximum Gasteiger partial charge on any atom is 0.0911 e. The highest BCUT2D eigenvalue weighted by Crippen LogP contribution is 2.37. The van der Waals surface area contributed by atoms with Crippen molar-refractivity contribution in [3.8, 4) is 0 Å². The zero-order chi connectivity index (χ0) is 16.7. The van der Waals surface area contributed by atoms with Gasteiger partial charge in [0.15, 0.2) is 0 Å². The van der Waals surface area contributed by atoms with Crippen LogP contribution in [0.3, 0.4) is 0 Å². The van der Waals surface area contributed by atoms with Gasteiger partial charge in [0.25, 0.3) is 0 Å². The van der Waals surface area contributed by atoms with Crippen molar-refractivity contribution in [2.45, 2.75) is 91.7 Å². The molecule has 0 atom stereocenters. The molecule has 0 amide bonds. The molecular formula is C17H33N3O. The van der Waals surface area contributed by atoms with E-state index in [1.165, 1.54) is 0 Å². The molecule has 0 aromatic carbocycles. The summed E-state index contributed by atoms with van der Waals surface area (Å²) in [6, 6.07) is 0. The Balaban J connectivity index is 3.09. The maximum absolute atomic E-state index is 10.4. The zero-order valence-electron chi connectivity index (χ0n) is 15.3. The Hall–Kier alpha value is -0.900. The Kier molecular flexibility index (Phi) is 4.65. The standard InChI is InChI=1S/C17H33N3O/c1-10-14(2,3)12-15(4,5)20-11-13(18-19-20)16(6,7)17(8,9)21/h11,21H,10,12H2,1-9H3. The molecular weight excluding hydrogens is 262 g/mol. The zero-order valence-corrected chi connectivity index (χ0v) is 15.3. The second kappa shape index (κ2) is 5.38. The molecule has 1 N–H and O–H groups in total. The SMILES string of the molecule is CCC(C)(C)CC(C)(C)n1cc(C(C)(C)C(C)(C)O)nn1. The molecule has 4 nitrogen and oxygen atoms in total. The van der Waals surface area contributed by atoms with E-state index in [9.17, 15) is 5.11 Å². The first-order valence-corrected chi connectivity index (χ1v) is 7.89. The Morgan fingerprint density at radius 2 is 1.57 bits per heavy atom. The first-order valence-electron chi connectivity index (χ1n) is 7.89. The summed E-state index contributed by atoms with van der Waals surface area (Å²) >= 11 is 0. The summed E-state index contributed by atoms with van der Waals surface area (Å²) in [6.07, 6.45) is 4.15. The lowest BCUT2D eigenvalue weighted by Crippen LogP contribution is -2.42. The Bertz CT molecular complexity index is 478. The van der Waals surface area contributed by atoms with Crippen molar-refractivity contribution in [3.63, 3.8) is 0 Å². The lowest BCUT2D eigenvalue weighted by atomic mass is 9.75. The van der Waals surface area contributed by atoms with E-state index in [4.69, 9.17) is 0 Å². The van der Waals surface area contributed by atoms with E-state index in [2.05, 4.69) is 44.9 Å². The van der Waals surface area contributed by atoms with Crippen LogP contribution in [0.2, 0.25) is 0 Å². The van der Waals surface area contributed by atoms with Crippen LogP contribution in [-0.4, -0.2) is 25.7 Å². The van der Waals surface area contributed by atoms with Crippen LogP contribution in [0.25, 0.3) is 0 Å². The Morgan fingerprint density at radius 1 is 1.05 bits per heavy atom. The number of nitrogens with zero attached hydrogens (tertiary/aromatic N) is 3. The number of hydrogen-bond acceptors (Lipinski definition) is 3. The predicted molar refractivity (Wildman–Crippen MR) is 87.4 cm³/mol. The van der Waals surface area contributed by atoms with Crippen molar-refractivity contribution < 1.29 is 5.11 Å². The summed E-state index contributed by atoms with van der Waals surface area (Å²) < 4.78 is 1.95. The molecule has 1 rings (SSSR count). The lowest BCUT2D eigenvalue weighted by Gasteiger charge is -2.36. The topological polar surface area (TPSA) is 50.9 Å². The lowest BCUT2D eigenvalue weighted by molar-refractivity contribution is 0.00766. The van der Waals surface area contributed by atoms with Crippen molar-refractivity contribution >= 4 is 0 Å². The van der Waals surface area contributed by atoms with Gasteiger partial charge in [0.1, 0.15) is 0 Å². The molecule has 0 unspecified atom stereocenters. The molecule has 0 fully saturated rings. The fraction of sp³-hybridized carbons (Fsp3) is 0.882. The number of aromatic nitrogens is 3. The molecule has 0 spiro atoms. The smallest absolute Gasteiger partial charge is 0.0911 e. The van der Waals surface area contributed by atoms with E-state index in [0.717, 1.165) is 18.5 Å². The molecule has 0 radical (unpaired) electrons. The summed E-state index contributed by atoms with van der Waals surface area (Å²) in [4.78, 5) is 0. The molecule has 0 aliphatic rings. The summed E-state index contributed by atoms with van der Waals surface area (Å²) in [5, 5.41) is 19.0. The van der Waals surface area contributed by atoms with E-state index in [0.29, 0.717) is 0 Å². The highest BCUT2D eigenvalue weighted by Gasteiger charge is 2.40. The van der Waals surface area contributed by atoms with Crippen LogP contribution in [0.1, 0.15) is 80.8 Å². The highest BCUT2D eigenvalue weighted by atomic mass is 16.3. The van der Waals surface area contributed by atoms with Crippen LogP contribution in [0.4, 0.5) is 0 Å². The van der Waals surface area contributed by atoms with Crippen molar-refractivity contribution in [2.24, 2.45) is 5.41 Å². The summed E-state index contributed by atoms with van der Waals surface area (Å²) in [5.74, 6) is 0. The van der Waals surface area contributed by atoms with E-state index in [-0.39, 0.29) is 11.0 Å². The molecule has 1 heterocycles. The van der Waals surface area contributed by atoms with Gasteiger partial charge in [0.2, 0.25) is 0 Å². The third-order valence-corrected chi connectivity index (χ3v) is 5.15. The molecule has 0 aliphatic carbocycles. The van der Waals surface area contributed by atoms with Crippen LogP contribution in [0.15, 0.2) is 6.20 Å². The van der Waals surface area contributed by atoms with Crippen molar-refractivity contribution in [1.82, 2.24) is 15.0 Å². The first kappa shape index (κ1) is 18.1. The molecule has 0 saturated carbocycles. The average molecular weight is 295 g/mol. The van der Waals surface area contributed by atoms with Gasteiger partial charge in [-0.3, -0.25) is 0 Å². The second-order valence-electron chi connectivity index (χ2n) is 8.74. The second-order valence-corrected chi connectivity index (χ2v) is 8.74.